The molecule has 1 aliphatic rings. The maximum atomic E-state index is 10.3. The van der Waals surface area contributed by atoms with Crippen LogP contribution >= 0.6 is 0 Å². The number of ether oxygens (including phenoxy) is 1. The summed E-state index contributed by atoms with van der Waals surface area (Å²) in [5.74, 6) is 0. The van der Waals surface area contributed by atoms with E-state index in [1.807, 2.05) is 0 Å². The monoisotopic (exact) mass is 175 g/mol. The van der Waals surface area contributed by atoms with Gasteiger partial charge in [-0.25, -0.2) is 4.79 Å². The third-order valence-electron chi connectivity index (χ3n) is 1.93. The number of aliphatic hydroxyl groups excluding tert-OH is 1. The van der Waals surface area contributed by atoms with Gasteiger partial charge in [0.25, 0.3) is 0 Å². The van der Waals surface area contributed by atoms with Gasteiger partial charge in [0.15, 0.2) is 0 Å². The third-order valence-corrected chi connectivity index (χ3v) is 1.93. The Morgan fingerprint density at radius 1 is 1.67 bits per heavy atom. The highest BCUT2D eigenvalue weighted by Gasteiger charge is 2.26. The smallest absolute Gasteiger partial charge is 0.404 e. The van der Waals surface area contributed by atoms with Crippen molar-refractivity contribution in [3.8, 4) is 0 Å². The Morgan fingerprint density at radius 2 is 2.42 bits per heavy atom. The first-order valence-corrected chi connectivity index (χ1v) is 3.96. The second kappa shape index (κ2) is 4.27. The molecule has 3 N–H and O–H groups in total. The Hall–Kier alpha value is -0.810. The van der Waals surface area contributed by atoms with Crippen molar-refractivity contribution in [2.45, 2.75) is 25.0 Å². The zero-order chi connectivity index (χ0) is 8.97. The first kappa shape index (κ1) is 9.28. The number of nitrogens with one attached hydrogen (secondary N) is 1. The molecule has 12 heavy (non-hydrogen) atoms. The summed E-state index contributed by atoms with van der Waals surface area (Å²) in [7, 11) is 0. The molecule has 1 amide bonds. The molecule has 0 aromatic rings. The molecule has 0 bridgehead atoms. The predicted molar refractivity (Wildman–Crippen MR) is 41.0 cm³/mol. The van der Waals surface area contributed by atoms with E-state index in [9.17, 15) is 4.79 Å². The molecule has 0 unspecified atom stereocenters. The van der Waals surface area contributed by atoms with Crippen molar-refractivity contribution < 1.29 is 19.7 Å². The Morgan fingerprint density at radius 3 is 3.00 bits per heavy atom. The van der Waals surface area contributed by atoms with Crippen LogP contribution in [0, 0.1) is 0 Å². The van der Waals surface area contributed by atoms with Crippen LogP contribution in [-0.2, 0) is 4.74 Å². The third kappa shape index (κ3) is 2.35. The molecule has 2 atom stereocenters. The zero-order valence-electron chi connectivity index (χ0n) is 6.69. The Balaban J connectivity index is 2.41. The number of aliphatic hydroxyl groups is 1. The number of rotatable bonds is 2. The lowest BCUT2D eigenvalue weighted by Gasteiger charge is -2.29. The van der Waals surface area contributed by atoms with Crippen LogP contribution < -0.4 is 5.32 Å². The molecule has 1 fully saturated rings. The molecule has 0 saturated carbocycles. The summed E-state index contributed by atoms with van der Waals surface area (Å²) in [6.45, 7) is 0.466. The van der Waals surface area contributed by atoms with Gasteiger partial charge in [0.05, 0.1) is 12.6 Å². The first-order valence-electron chi connectivity index (χ1n) is 3.96. The first-order chi connectivity index (χ1) is 5.74. The van der Waals surface area contributed by atoms with E-state index in [2.05, 4.69) is 5.32 Å². The summed E-state index contributed by atoms with van der Waals surface area (Å²) < 4.78 is 5.16. The van der Waals surface area contributed by atoms with Gasteiger partial charge in [-0.2, -0.15) is 0 Å². The molecule has 1 saturated heterocycles. The lowest BCUT2D eigenvalue weighted by molar-refractivity contribution is -0.0373. The van der Waals surface area contributed by atoms with Crippen LogP contribution in [0.5, 0.6) is 0 Å². The van der Waals surface area contributed by atoms with Gasteiger partial charge in [-0.3, -0.25) is 0 Å². The molecule has 70 valence electrons. The lowest BCUT2D eigenvalue weighted by atomic mass is 10.0. The van der Waals surface area contributed by atoms with Crippen LogP contribution in [0.15, 0.2) is 0 Å². The maximum Gasteiger partial charge on any atom is 0.404 e. The second-order valence-electron chi connectivity index (χ2n) is 2.79. The molecule has 0 spiro atoms. The van der Waals surface area contributed by atoms with Crippen LogP contribution in [0.1, 0.15) is 12.8 Å². The van der Waals surface area contributed by atoms with E-state index in [1.54, 1.807) is 0 Å². The fraction of sp³-hybridized carbons (Fsp3) is 0.857. The number of carbonyl (C=O) groups is 1. The minimum absolute atomic E-state index is 0.134. The van der Waals surface area contributed by atoms with Crippen LogP contribution in [0.2, 0.25) is 0 Å². The van der Waals surface area contributed by atoms with Crippen molar-refractivity contribution in [3.05, 3.63) is 0 Å². The van der Waals surface area contributed by atoms with Gasteiger partial charge >= 0.3 is 6.09 Å². The summed E-state index contributed by atoms with van der Waals surface area (Å²) in [6.07, 6.45) is 0.123. The minimum Gasteiger partial charge on any atom is -0.465 e. The summed E-state index contributed by atoms with van der Waals surface area (Å²) in [5.41, 5.74) is 0. The molecular formula is C7H13NO4. The van der Waals surface area contributed by atoms with Crippen molar-refractivity contribution in [2.75, 3.05) is 13.2 Å². The normalized spacial score (nSPS) is 29.8. The van der Waals surface area contributed by atoms with Gasteiger partial charge in [-0.05, 0) is 12.8 Å². The zero-order valence-corrected chi connectivity index (χ0v) is 6.69. The van der Waals surface area contributed by atoms with E-state index in [0.29, 0.717) is 6.61 Å². The number of carboxylic acid groups (broad SMARTS) is 1. The van der Waals surface area contributed by atoms with Gasteiger partial charge < -0.3 is 20.3 Å². The minimum atomic E-state index is -1.07. The largest absolute Gasteiger partial charge is 0.465 e. The Bertz CT molecular complexity index is 161. The number of hydrogen-bond acceptors (Lipinski definition) is 3. The topological polar surface area (TPSA) is 78.8 Å². The molecule has 0 aromatic carbocycles. The Kier molecular flexibility index (Phi) is 3.31. The van der Waals surface area contributed by atoms with Crippen molar-refractivity contribution in [2.24, 2.45) is 0 Å². The average molecular weight is 175 g/mol. The molecule has 1 heterocycles. The van der Waals surface area contributed by atoms with E-state index in [-0.39, 0.29) is 18.8 Å². The molecule has 1 aliphatic heterocycles. The predicted octanol–water partition coefficient (Wildman–Crippen LogP) is -0.206. The summed E-state index contributed by atoms with van der Waals surface area (Å²) in [4.78, 5) is 10.3. The summed E-state index contributed by atoms with van der Waals surface area (Å²) >= 11 is 0. The highest BCUT2D eigenvalue weighted by atomic mass is 16.5. The van der Waals surface area contributed by atoms with Crippen molar-refractivity contribution in [1.29, 1.82) is 0 Å². The van der Waals surface area contributed by atoms with Crippen LogP contribution in [0.3, 0.4) is 0 Å². The number of hydrogen-bond donors (Lipinski definition) is 3. The van der Waals surface area contributed by atoms with Gasteiger partial charge in [-0.15, -0.1) is 0 Å². The molecular weight excluding hydrogens is 162 g/mol. The van der Waals surface area contributed by atoms with Gasteiger partial charge in [-0.1, -0.05) is 0 Å². The molecule has 0 aliphatic carbocycles. The van der Waals surface area contributed by atoms with E-state index in [1.165, 1.54) is 0 Å². The second-order valence-corrected chi connectivity index (χ2v) is 2.79. The van der Waals surface area contributed by atoms with Gasteiger partial charge in [0.2, 0.25) is 0 Å². The summed E-state index contributed by atoms with van der Waals surface area (Å²) in [5, 5.41) is 19.6. The van der Waals surface area contributed by atoms with E-state index < -0.39 is 6.09 Å². The highest BCUT2D eigenvalue weighted by Crippen LogP contribution is 2.13. The van der Waals surface area contributed by atoms with Crippen LogP contribution in [0.4, 0.5) is 4.79 Å². The van der Waals surface area contributed by atoms with Gasteiger partial charge in [0, 0.05) is 6.61 Å². The van der Waals surface area contributed by atoms with Crippen LogP contribution in [-0.4, -0.2) is 41.7 Å². The highest BCUT2D eigenvalue weighted by molar-refractivity contribution is 5.64. The quantitative estimate of drug-likeness (QED) is 0.542. The van der Waals surface area contributed by atoms with Crippen molar-refractivity contribution in [1.82, 2.24) is 5.32 Å². The van der Waals surface area contributed by atoms with Crippen LogP contribution in [0.25, 0.3) is 0 Å². The van der Waals surface area contributed by atoms with E-state index in [4.69, 9.17) is 14.9 Å². The molecule has 5 nitrogen and oxygen atoms in total. The maximum absolute atomic E-state index is 10.3. The molecule has 5 heteroatoms. The molecule has 0 radical (unpaired) electrons. The van der Waals surface area contributed by atoms with Gasteiger partial charge in [0.1, 0.15) is 6.10 Å². The fourth-order valence-electron chi connectivity index (χ4n) is 1.34. The number of amides is 1. The van der Waals surface area contributed by atoms with Crippen molar-refractivity contribution >= 4 is 6.09 Å². The fourth-order valence-corrected chi connectivity index (χ4v) is 1.34. The summed E-state index contributed by atoms with van der Waals surface area (Å²) in [6, 6.07) is -0.263. The lowest BCUT2D eigenvalue weighted by Crippen LogP contribution is -2.48. The Labute approximate surface area is 70.3 Å². The standard InChI is InChI=1S/C7H13NO4/c9-4-6-5(8-7(10)11)2-1-3-12-6/h5-6,8-9H,1-4H2,(H,10,11)/t5-,6-/m0/s1. The molecule has 1 rings (SSSR count). The SMILES string of the molecule is O=C(O)N[C@H]1CCCO[C@H]1CO. The van der Waals surface area contributed by atoms with E-state index >= 15 is 0 Å². The van der Waals surface area contributed by atoms with E-state index in [0.717, 1.165) is 12.8 Å². The van der Waals surface area contributed by atoms with Crippen molar-refractivity contribution in [3.63, 3.8) is 0 Å². The average Bonchev–Trinajstić information content (AvgIpc) is 2.04. The molecule has 0 aromatic heterocycles.